The number of anilines is 1. The van der Waals surface area contributed by atoms with Crippen LogP contribution in [-0.4, -0.2) is 5.71 Å². The molecule has 3 aromatic carbocycles. The highest BCUT2D eigenvalue weighted by Crippen LogP contribution is 2.34. The number of fused-ring (bicyclic) bond motifs is 1. The quantitative estimate of drug-likeness (QED) is 0.625. The molecule has 2 heteroatoms. The molecule has 25 heavy (non-hydrogen) atoms. The fourth-order valence-corrected chi connectivity index (χ4v) is 3.09. The van der Waals surface area contributed by atoms with Gasteiger partial charge in [0.15, 0.2) is 0 Å². The topological polar surface area (TPSA) is 24.4 Å². The van der Waals surface area contributed by atoms with Gasteiger partial charge in [0.1, 0.15) is 0 Å². The van der Waals surface area contributed by atoms with Crippen LogP contribution in [-0.2, 0) is 0 Å². The highest BCUT2D eigenvalue weighted by Gasteiger charge is 2.18. The van der Waals surface area contributed by atoms with Crippen molar-refractivity contribution in [1.82, 2.24) is 0 Å². The molecule has 0 saturated carbocycles. The van der Waals surface area contributed by atoms with Gasteiger partial charge in [-0.2, -0.15) is 0 Å². The van der Waals surface area contributed by atoms with Crippen LogP contribution in [0.5, 0.6) is 0 Å². The Kier molecular flexibility index (Phi) is 4.42. The lowest BCUT2D eigenvalue weighted by atomic mass is 10.0. The van der Waals surface area contributed by atoms with Gasteiger partial charge in [-0.3, -0.25) is 4.99 Å². The van der Waals surface area contributed by atoms with E-state index in [0.717, 1.165) is 23.5 Å². The number of para-hydroxylation sites is 2. The predicted octanol–water partition coefficient (Wildman–Crippen LogP) is 6.03. The molecule has 0 fully saturated rings. The van der Waals surface area contributed by atoms with Gasteiger partial charge in [0, 0.05) is 12.1 Å². The molecule has 1 atom stereocenters. The molecule has 1 N–H and O–H groups in total. The second-order valence-corrected chi connectivity index (χ2v) is 6.18. The minimum Gasteiger partial charge on any atom is -0.376 e. The molecule has 0 aromatic heterocycles. The third-order valence-corrected chi connectivity index (χ3v) is 4.38. The first kappa shape index (κ1) is 15.4. The van der Waals surface area contributed by atoms with Gasteiger partial charge in [0.05, 0.1) is 17.4 Å². The number of allylic oxidation sites excluding steroid dienone is 1. The number of hydrogen-bond donors (Lipinski definition) is 1. The number of nitrogens with zero attached hydrogens (tertiary/aromatic N) is 1. The highest BCUT2D eigenvalue weighted by molar-refractivity contribution is 6.02. The second-order valence-electron chi connectivity index (χ2n) is 6.18. The summed E-state index contributed by atoms with van der Waals surface area (Å²) in [5, 5.41) is 3.66. The summed E-state index contributed by atoms with van der Waals surface area (Å²) < 4.78 is 0. The average molecular weight is 324 g/mol. The van der Waals surface area contributed by atoms with Crippen LogP contribution in [0.2, 0.25) is 0 Å². The van der Waals surface area contributed by atoms with E-state index in [1.807, 2.05) is 18.2 Å². The Labute approximate surface area is 148 Å². The van der Waals surface area contributed by atoms with Crippen molar-refractivity contribution < 1.29 is 0 Å². The number of rotatable bonds is 3. The first-order valence-corrected chi connectivity index (χ1v) is 8.60. The third-order valence-electron chi connectivity index (χ3n) is 4.38. The van der Waals surface area contributed by atoms with Crippen LogP contribution in [0.4, 0.5) is 11.4 Å². The molecular formula is C23H20N2. The Morgan fingerprint density at radius 3 is 2.24 bits per heavy atom. The molecule has 0 aliphatic carbocycles. The van der Waals surface area contributed by atoms with Crippen molar-refractivity contribution in [2.75, 3.05) is 5.32 Å². The van der Waals surface area contributed by atoms with Crippen molar-refractivity contribution in [3.05, 3.63) is 102 Å². The molecule has 122 valence electrons. The maximum Gasteiger partial charge on any atom is 0.0864 e. The largest absolute Gasteiger partial charge is 0.376 e. The number of aliphatic imine (C=N–C) groups is 1. The van der Waals surface area contributed by atoms with E-state index in [4.69, 9.17) is 4.99 Å². The van der Waals surface area contributed by atoms with Gasteiger partial charge in [-0.05, 0) is 29.3 Å². The van der Waals surface area contributed by atoms with Gasteiger partial charge in [0.25, 0.3) is 0 Å². The molecule has 3 aromatic rings. The van der Waals surface area contributed by atoms with Crippen LogP contribution in [0.3, 0.4) is 0 Å². The van der Waals surface area contributed by atoms with Crippen molar-refractivity contribution in [2.45, 2.75) is 12.5 Å². The number of nitrogens with one attached hydrogen (secondary N) is 1. The monoisotopic (exact) mass is 324 g/mol. The molecular weight excluding hydrogens is 304 g/mol. The average Bonchev–Trinajstić information content (AvgIpc) is 2.87. The lowest BCUT2D eigenvalue weighted by molar-refractivity contribution is 0.830. The summed E-state index contributed by atoms with van der Waals surface area (Å²) in [6.45, 7) is 0. The molecule has 0 bridgehead atoms. The smallest absolute Gasteiger partial charge is 0.0864 e. The van der Waals surface area contributed by atoms with Gasteiger partial charge >= 0.3 is 0 Å². The summed E-state index contributed by atoms with van der Waals surface area (Å²) >= 11 is 0. The van der Waals surface area contributed by atoms with E-state index in [-0.39, 0.29) is 6.04 Å². The van der Waals surface area contributed by atoms with Gasteiger partial charge < -0.3 is 5.32 Å². The van der Waals surface area contributed by atoms with E-state index in [9.17, 15) is 0 Å². The Balaban J connectivity index is 1.69. The zero-order chi connectivity index (χ0) is 16.9. The molecule has 0 unspecified atom stereocenters. The van der Waals surface area contributed by atoms with Gasteiger partial charge in [-0.25, -0.2) is 0 Å². The van der Waals surface area contributed by atoms with Crippen molar-refractivity contribution >= 4 is 23.2 Å². The zero-order valence-corrected chi connectivity index (χ0v) is 14.0. The van der Waals surface area contributed by atoms with Gasteiger partial charge in [-0.15, -0.1) is 0 Å². The minimum absolute atomic E-state index is 0.212. The zero-order valence-electron chi connectivity index (χ0n) is 14.0. The SMILES string of the molecule is C(=C\c1ccccc1)/C1=Nc2ccccc2N[C@H](c2ccccc2)C1. The van der Waals surface area contributed by atoms with E-state index in [1.54, 1.807) is 0 Å². The number of benzene rings is 3. The second kappa shape index (κ2) is 7.18. The fraction of sp³-hybridized carbons (Fsp3) is 0.0870. The summed E-state index contributed by atoms with van der Waals surface area (Å²) in [5.74, 6) is 0. The van der Waals surface area contributed by atoms with Crippen LogP contribution in [0, 0.1) is 0 Å². The Hall–Kier alpha value is -3.13. The Morgan fingerprint density at radius 2 is 1.44 bits per heavy atom. The Bertz CT molecular complexity index is 896. The first-order valence-electron chi connectivity index (χ1n) is 8.60. The standard InChI is InChI=1S/C23H20N2/c1-3-9-18(10-4-1)15-16-20-17-23(19-11-5-2-6-12-19)25-22-14-8-7-13-21(22)24-20/h1-16,23,25H,17H2/b16-15+/t23-/m0/s1. The molecule has 4 rings (SSSR count). The summed E-state index contributed by atoms with van der Waals surface area (Å²) in [6.07, 6.45) is 5.12. The van der Waals surface area contributed by atoms with E-state index in [2.05, 4.69) is 84.2 Å². The van der Waals surface area contributed by atoms with E-state index >= 15 is 0 Å². The molecule has 0 spiro atoms. The molecule has 0 amide bonds. The van der Waals surface area contributed by atoms with Crippen LogP contribution < -0.4 is 5.32 Å². The van der Waals surface area contributed by atoms with Gasteiger partial charge in [0.2, 0.25) is 0 Å². The molecule has 1 aliphatic heterocycles. The van der Waals surface area contributed by atoms with Crippen LogP contribution in [0.15, 0.2) is 96.0 Å². The van der Waals surface area contributed by atoms with Crippen molar-refractivity contribution in [2.24, 2.45) is 4.99 Å². The highest BCUT2D eigenvalue weighted by atomic mass is 15.0. The van der Waals surface area contributed by atoms with Crippen LogP contribution in [0.1, 0.15) is 23.6 Å². The van der Waals surface area contributed by atoms with Crippen LogP contribution >= 0.6 is 0 Å². The summed E-state index contributed by atoms with van der Waals surface area (Å²) in [5.41, 5.74) is 5.62. The molecule has 0 saturated heterocycles. The van der Waals surface area contributed by atoms with E-state index < -0.39 is 0 Å². The number of hydrogen-bond acceptors (Lipinski definition) is 2. The maximum atomic E-state index is 4.90. The van der Waals surface area contributed by atoms with Gasteiger partial charge in [-0.1, -0.05) is 78.9 Å². The van der Waals surface area contributed by atoms with Crippen molar-refractivity contribution in [3.63, 3.8) is 0 Å². The van der Waals surface area contributed by atoms with Crippen LogP contribution in [0.25, 0.3) is 6.08 Å². The summed E-state index contributed by atoms with van der Waals surface area (Å²) in [6, 6.07) is 29.4. The predicted molar refractivity (Wildman–Crippen MR) is 106 cm³/mol. The molecule has 1 aliphatic rings. The maximum absolute atomic E-state index is 4.90. The molecule has 2 nitrogen and oxygen atoms in total. The lowest BCUT2D eigenvalue weighted by Gasteiger charge is -2.18. The summed E-state index contributed by atoms with van der Waals surface area (Å²) in [4.78, 5) is 4.90. The van der Waals surface area contributed by atoms with E-state index in [1.165, 1.54) is 11.1 Å². The van der Waals surface area contributed by atoms with Crippen molar-refractivity contribution in [3.8, 4) is 0 Å². The summed E-state index contributed by atoms with van der Waals surface area (Å²) in [7, 11) is 0. The Morgan fingerprint density at radius 1 is 0.760 bits per heavy atom. The third kappa shape index (κ3) is 3.69. The first-order chi connectivity index (χ1) is 12.4. The van der Waals surface area contributed by atoms with Crippen molar-refractivity contribution in [1.29, 1.82) is 0 Å². The molecule has 1 heterocycles. The normalized spacial score (nSPS) is 16.6. The van der Waals surface area contributed by atoms with E-state index in [0.29, 0.717) is 0 Å². The lowest BCUT2D eigenvalue weighted by Crippen LogP contribution is -2.12. The minimum atomic E-state index is 0.212. The molecule has 0 radical (unpaired) electrons. The fourth-order valence-electron chi connectivity index (χ4n) is 3.09.